The van der Waals surface area contributed by atoms with Gasteiger partial charge in [0.2, 0.25) is 0 Å². The first-order valence-corrected chi connectivity index (χ1v) is 7.47. The lowest BCUT2D eigenvalue weighted by Gasteiger charge is -2.28. The Morgan fingerprint density at radius 2 is 1.35 bits per heavy atom. The van der Waals surface area contributed by atoms with Crippen LogP contribution >= 0.6 is 0 Å². The predicted octanol–water partition coefficient (Wildman–Crippen LogP) is 6.57. The van der Waals surface area contributed by atoms with Crippen molar-refractivity contribution in [2.24, 2.45) is 23.7 Å². The number of allylic oxidation sites excluding steroid dienone is 1. The normalized spacial score (nSPS) is 13.1. The van der Waals surface area contributed by atoms with E-state index in [1.807, 2.05) is 20.8 Å². The van der Waals surface area contributed by atoms with Gasteiger partial charge >= 0.3 is 0 Å². The standard InChI is InChI=1S/C12H26.C3H6.C2H6/c1-7-11(6)12(10(4)5)8-9(2)3;1-3-2;1-2/h9-12H,7-8H2,1-6H3;3H,1H2,2H3;1-2H3. The van der Waals surface area contributed by atoms with Gasteiger partial charge in [0.25, 0.3) is 0 Å². The van der Waals surface area contributed by atoms with Crippen LogP contribution in [-0.4, -0.2) is 0 Å². The summed E-state index contributed by atoms with van der Waals surface area (Å²) in [6.45, 7) is 23.3. The second-order valence-electron chi connectivity index (χ2n) is 5.33. The minimum atomic E-state index is 0.849. The third-order valence-electron chi connectivity index (χ3n) is 2.97. The Kier molecular flexibility index (Phi) is 20.3. The second kappa shape index (κ2) is 15.7. The highest BCUT2D eigenvalue weighted by Gasteiger charge is 2.20. The quantitative estimate of drug-likeness (QED) is 0.478. The molecule has 2 unspecified atom stereocenters. The molecule has 0 aliphatic rings. The Morgan fingerprint density at radius 1 is 1.00 bits per heavy atom. The fourth-order valence-electron chi connectivity index (χ4n) is 2.01. The van der Waals surface area contributed by atoms with E-state index < -0.39 is 0 Å². The molecule has 0 amide bonds. The highest BCUT2D eigenvalue weighted by molar-refractivity contribution is 4.70. The van der Waals surface area contributed by atoms with Crippen molar-refractivity contribution in [2.45, 2.75) is 75.2 Å². The van der Waals surface area contributed by atoms with Gasteiger partial charge in [0, 0.05) is 0 Å². The number of hydrogen-bond acceptors (Lipinski definition) is 0. The minimum Gasteiger partial charge on any atom is -0.103 e. The third-order valence-corrected chi connectivity index (χ3v) is 2.97. The maximum atomic E-state index is 3.36. The molecule has 0 radical (unpaired) electrons. The molecule has 0 rings (SSSR count). The monoisotopic (exact) mass is 242 g/mol. The van der Waals surface area contributed by atoms with Crippen LogP contribution in [0, 0.1) is 23.7 Å². The molecule has 0 aliphatic carbocycles. The summed E-state index contributed by atoms with van der Waals surface area (Å²) < 4.78 is 0. The van der Waals surface area contributed by atoms with Gasteiger partial charge in [-0.05, 0) is 37.0 Å². The van der Waals surface area contributed by atoms with Gasteiger partial charge in [-0.25, -0.2) is 0 Å². The molecule has 17 heavy (non-hydrogen) atoms. The van der Waals surface area contributed by atoms with E-state index in [2.05, 4.69) is 48.1 Å². The molecule has 0 aromatic rings. The van der Waals surface area contributed by atoms with Crippen molar-refractivity contribution < 1.29 is 0 Å². The van der Waals surface area contributed by atoms with E-state index in [9.17, 15) is 0 Å². The largest absolute Gasteiger partial charge is 0.103 e. The van der Waals surface area contributed by atoms with E-state index in [1.165, 1.54) is 12.8 Å². The first-order chi connectivity index (χ1) is 7.90. The van der Waals surface area contributed by atoms with Crippen molar-refractivity contribution in [3.8, 4) is 0 Å². The average Bonchev–Trinajstić information content (AvgIpc) is 2.28. The topological polar surface area (TPSA) is 0 Å². The zero-order valence-corrected chi connectivity index (χ0v) is 14.0. The van der Waals surface area contributed by atoms with Gasteiger partial charge in [-0.3, -0.25) is 0 Å². The Balaban J connectivity index is -0.000000337. The van der Waals surface area contributed by atoms with Crippen molar-refractivity contribution in [2.75, 3.05) is 0 Å². The van der Waals surface area contributed by atoms with E-state index in [4.69, 9.17) is 0 Å². The predicted molar refractivity (Wildman–Crippen MR) is 84.5 cm³/mol. The first-order valence-electron chi connectivity index (χ1n) is 7.47. The van der Waals surface area contributed by atoms with Crippen molar-refractivity contribution in [3.05, 3.63) is 12.7 Å². The summed E-state index contributed by atoms with van der Waals surface area (Å²) in [6.07, 6.45) is 4.47. The van der Waals surface area contributed by atoms with Gasteiger partial charge in [0.15, 0.2) is 0 Å². The van der Waals surface area contributed by atoms with Crippen molar-refractivity contribution in [1.82, 2.24) is 0 Å². The molecule has 2 atom stereocenters. The maximum Gasteiger partial charge on any atom is -0.0363 e. The van der Waals surface area contributed by atoms with E-state index in [1.54, 1.807) is 6.08 Å². The Labute approximate surface area is 112 Å². The molecular weight excluding hydrogens is 204 g/mol. The lowest BCUT2D eigenvalue weighted by atomic mass is 9.78. The van der Waals surface area contributed by atoms with Gasteiger partial charge in [-0.15, -0.1) is 6.58 Å². The SMILES string of the molecule is C=CC.CC.CCC(C)C(CC(C)C)C(C)C. The van der Waals surface area contributed by atoms with Crippen LogP contribution in [0.3, 0.4) is 0 Å². The van der Waals surface area contributed by atoms with E-state index in [0.717, 1.165) is 23.7 Å². The lowest BCUT2D eigenvalue weighted by molar-refractivity contribution is 0.222. The summed E-state index contributed by atoms with van der Waals surface area (Å²) >= 11 is 0. The number of hydrogen-bond donors (Lipinski definition) is 0. The molecule has 0 bridgehead atoms. The third kappa shape index (κ3) is 15.7. The highest BCUT2D eigenvalue weighted by atomic mass is 14.3. The molecule has 0 fully saturated rings. The van der Waals surface area contributed by atoms with Gasteiger partial charge in [-0.2, -0.15) is 0 Å². The maximum absolute atomic E-state index is 3.36. The van der Waals surface area contributed by atoms with Gasteiger partial charge in [0.05, 0.1) is 0 Å². The van der Waals surface area contributed by atoms with Gasteiger partial charge in [0.1, 0.15) is 0 Å². The van der Waals surface area contributed by atoms with Gasteiger partial charge in [-0.1, -0.05) is 67.9 Å². The summed E-state index contributed by atoms with van der Waals surface area (Å²) in [4.78, 5) is 0. The van der Waals surface area contributed by atoms with Crippen LogP contribution < -0.4 is 0 Å². The average molecular weight is 242 g/mol. The zero-order chi connectivity index (χ0) is 14.4. The van der Waals surface area contributed by atoms with Crippen LogP contribution in [0.25, 0.3) is 0 Å². The zero-order valence-electron chi connectivity index (χ0n) is 14.0. The van der Waals surface area contributed by atoms with E-state index in [0.29, 0.717) is 0 Å². The summed E-state index contributed by atoms with van der Waals surface area (Å²) in [5, 5.41) is 0. The smallest absolute Gasteiger partial charge is 0.0363 e. The molecule has 0 aromatic carbocycles. The minimum absolute atomic E-state index is 0.849. The molecule has 0 nitrogen and oxygen atoms in total. The van der Waals surface area contributed by atoms with Crippen LogP contribution in [0.2, 0.25) is 0 Å². The number of rotatable bonds is 5. The van der Waals surface area contributed by atoms with Crippen molar-refractivity contribution in [3.63, 3.8) is 0 Å². The van der Waals surface area contributed by atoms with Crippen LogP contribution in [0.5, 0.6) is 0 Å². The molecule has 0 aliphatic heterocycles. The molecule has 0 spiro atoms. The van der Waals surface area contributed by atoms with Crippen LogP contribution in [-0.2, 0) is 0 Å². The summed E-state index contributed by atoms with van der Waals surface area (Å²) in [5.41, 5.74) is 0. The molecule has 0 N–H and O–H groups in total. The first kappa shape index (κ1) is 22.0. The summed E-state index contributed by atoms with van der Waals surface area (Å²) in [5.74, 6) is 3.52. The molecular formula is C17H38. The van der Waals surface area contributed by atoms with Crippen LogP contribution in [0.4, 0.5) is 0 Å². The summed E-state index contributed by atoms with van der Waals surface area (Å²) in [7, 11) is 0. The Hall–Kier alpha value is -0.260. The Morgan fingerprint density at radius 3 is 1.53 bits per heavy atom. The van der Waals surface area contributed by atoms with Crippen molar-refractivity contribution >= 4 is 0 Å². The summed E-state index contributed by atoms with van der Waals surface area (Å²) in [6, 6.07) is 0. The van der Waals surface area contributed by atoms with Crippen molar-refractivity contribution in [1.29, 1.82) is 0 Å². The molecule has 0 heteroatoms. The molecule has 106 valence electrons. The Bertz CT molecular complexity index is 133. The van der Waals surface area contributed by atoms with Crippen LogP contribution in [0.15, 0.2) is 12.7 Å². The molecule has 0 aromatic heterocycles. The van der Waals surface area contributed by atoms with E-state index >= 15 is 0 Å². The fraction of sp³-hybridized carbons (Fsp3) is 0.882. The van der Waals surface area contributed by atoms with Gasteiger partial charge < -0.3 is 0 Å². The molecule has 0 saturated heterocycles. The fourth-order valence-corrected chi connectivity index (χ4v) is 2.01. The van der Waals surface area contributed by atoms with E-state index in [-0.39, 0.29) is 0 Å². The highest BCUT2D eigenvalue weighted by Crippen LogP contribution is 2.29. The molecule has 0 saturated carbocycles. The lowest BCUT2D eigenvalue weighted by Crippen LogP contribution is -2.19. The molecule has 0 heterocycles. The van der Waals surface area contributed by atoms with Crippen LogP contribution in [0.1, 0.15) is 75.2 Å². The second-order valence-corrected chi connectivity index (χ2v) is 5.33.